The molecule has 2 aromatic carbocycles. The molecule has 6 rings (SSSR count). The molecule has 38 heavy (non-hydrogen) atoms. The lowest BCUT2D eigenvalue weighted by Crippen LogP contribution is -2.46. The van der Waals surface area contributed by atoms with E-state index < -0.39 is 12.1 Å². The van der Waals surface area contributed by atoms with Crippen LogP contribution in [-0.4, -0.2) is 39.5 Å². The molecule has 1 aromatic heterocycles. The number of alkyl halides is 3. The Morgan fingerprint density at radius 1 is 1.03 bits per heavy atom. The zero-order chi connectivity index (χ0) is 26.9. The first kappa shape index (κ1) is 25.5. The van der Waals surface area contributed by atoms with Gasteiger partial charge in [0.25, 0.3) is 0 Å². The van der Waals surface area contributed by atoms with E-state index in [1.165, 1.54) is 0 Å². The lowest BCUT2D eigenvalue weighted by molar-refractivity contribution is -0.192. The van der Waals surface area contributed by atoms with Gasteiger partial charge in [0.15, 0.2) is 11.4 Å². The molecule has 2 heterocycles. The molecule has 3 N–H and O–H groups in total. The van der Waals surface area contributed by atoms with Gasteiger partial charge in [0.2, 0.25) is 5.96 Å². The molecule has 11 heteroatoms. The number of rotatable bonds is 2. The maximum absolute atomic E-state index is 12.7. The Hall–Kier alpha value is -4.15. The van der Waals surface area contributed by atoms with Crippen molar-refractivity contribution in [2.24, 2.45) is 4.99 Å². The second-order valence-corrected chi connectivity index (χ2v) is 9.45. The average Bonchev–Trinajstić information content (AvgIpc) is 3.50. The number of hydrogen-bond acceptors (Lipinski definition) is 7. The highest BCUT2D eigenvalue weighted by Crippen LogP contribution is 2.45. The first-order valence-corrected chi connectivity index (χ1v) is 12.3. The Morgan fingerprint density at radius 2 is 1.74 bits per heavy atom. The predicted octanol–water partition coefficient (Wildman–Crippen LogP) is 5.82. The van der Waals surface area contributed by atoms with Gasteiger partial charge in [0.05, 0.1) is 5.54 Å². The van der Waals surface area contributed by atoms with Crippen LogP contribution in [0.5, 0.6) is 0 Å². The molecule has 2 aliphatic carbocycles. The Bertz CT molecular complexity index is 1440. The third-order valence-electron chi connectivity index (χ3n) is 6.86. The molecular weight excluding hydrogens is 501 g/mol. The van der Waals surface area contributed by atoms with Crippen molar-refractivity contribution in [3.8, 4) is 11.1 Å². The maximum atomic E-state index is 12.7. The quantitative estimate of drug-likeness (QED) is 0.385. The number of allylic oxidation sites excluding steroid dienone is 1. The normalized spacial score (nSPS) is 18.4. The molecule has 0 amide bonds. The number of carbonyl (C=O) groups excluding carboxylic acids is 1. The van der Waals surface area contributed by atoms with Crippen molar-refractivity contribution < 1.29 is 32.3 Å². The molecular formula is C27H25F3N4O4. The van der Waals surface area contributed by atoms with Gasteiger partial charge in [-0.3, -0.25) is 10.1 Å². The minimum absolute atomic E-state index is 0.258. The van der Waals surface area contributed by atoms with Crippen LogP contribution in [-0.2, 0) is 9.59 Å². The molecule has 1 fully saturated rings. The number of carboxylic acids is 1. The van der Waals surface area contributed by atoms with Crippen molar-refractivity contribution in [2.45, 2.75) is 56.7 Å². The number of carboxylic acid groups (broad SMARTS) is 1. The van der Waals surface area contributed by atoms with Gasteiger partial charge in [-0.2, -0.15) is 18.2 Å². The van der Waals surface area contributed by atoms with Crippen LogP contribution in [0.4, 0.5) is 19.2 Å². The maximum Gasteiger partial charge on any atom is 0.490 e. The minimum atomic E-state index is -5.08. The number of halogens is 3. The predicted molar refractivity (Wildman–Crippen MR) is 134 cm³/mol. The molecule has 3 aromatic rings. The number of oxazole rings is 1. The molecule has 198 valence electrons. The van der Waals surface area contributed by atoms with Crippen LogP contribution in [0.15, 0.2) is 69.2 Å². The summed E-state index contributed by atoms with van der Waals surface area (Å²) in [5, 5.41) is 13.7. The second-order valence-electron chi connectivity index (χ2n) is 9.45. The van der Waals surface area contributed by atoms with E-state index in [1.807, 2.05) is 36.4 Å². The van der Waals surface area contributed by atoms with E-state index in [2.05, 4.69) is 27.8 Å². The van der Waals surface area contributed by atoms with E-state index in [0.717, 1.165) is 72.0 Å². The molecule has 0 radical (unpaired) electrons. The average molecular weight is 527 g/mol. The topological polar surface area (TPSA) is 117 Å². The third-order valence-corrected chi connectivity index (χ3v) is 6.86. The number of carbonyl (C=O) groups is 2. The number of anilines is 1. The zero-order valence-corrected chi connectivity index (χ0v) is 20.3. The summed E-state index contributed by atoms with van der Waals surface area (Å²) in [5.74, 6) is -1.87. The van der Waals surface area contributed by atoms with Crippen LogP contribution in [0.3, 0.4) is 0 Å². The summed E-state index contributed by atoms with van der Waals surface area (Å²) >= 11 is 0. The molecule has 1 spiro atoms. The standard InChI is InChI=1S/C25H24N4O2.C2HF3O2/c30-20-10-6-9-18-22(20)25(13-4-5-14-25)29-23(26-18)28-24-27-19-15-17(11-12-21(19)31-24)16-7-2-1-3-8-16;3-2(4,5)1(6)7/h1-3,7-8,11-12,15H,4-6,9-10,13-14H2,(H2,26,27,28,29);(H,6,7). The number of Topliss-reactive ketones (excluding diaryl/α,β-unsaturated/α-hetero) is 1. The Kier molecular flexibility index (Phi) is 6.68. The fraction of sp³-hybridized carbons (Fsp3) is 0.333. The van der Waals surface area contributed by atoms with Gasteiger partial charge in [-0.25, -0.2) is 9.79 Å². The largest absolute Gasteiger partial charge is 0.490 e. The fourth-order valence-corrected chi connectivity index (χ4v) is 5.22. The van der Waals surface area contributed by atoms with Gasteiger partial charge in [-0.05, 0) is 48.9 Å². The van der Waals surface area contributed by atoms with Crippen molar-refractivity contribution in [3.63, 3.8) is 0 Å². The first-order chi connectivity index (χ1) is 18.1. The molecule has 0 bridgehead atoms. The summed E-state index contributed by atoms with van der Waals surface area (Å²) in [7, 11) is 0. The monoisotopic (exact) mass is 526 g/mol. The fourth-order valence-electron chi connectivity index (χ4n) is 5.22. The number of aliphatic carboxylic acids is 1. The van der Waals surface area contributed by atoms with E-state index in [-0.39, 0.29) is 11.3 Å². The van der Waals surface area contributed by atoms with Crippen LogP contribution in [0.2, 0.25) is 0 Å². The number of nitrogens with one attached hydrogen (secondary N) is 2. The molecule has 8 nitrogen and oxygen atoms in total. The lowest BCUT2D eigenvalue weighted by Gasteiger charge is -2.37. The van der Waals surface area contributed by atoms with Crippen molar-refractivity contribution in [1.82, 2.24) is 10.3 Å². The van der Waals surface area contributed by atoms with Crippen LogP contribution < -0.4 is 10.6 Å². The number of guanidine groups is 1. The molecule has 0 atom stereocenters. The number of aliphatic imine (C=N–C) groups is 1. The van der Waals surface area contributed by atoms with Crippen molar-refractivity contribution in [2.75, 3.05) is 5.32 Å². The summed E-state index contributed by atoms with van der Waals surface area (Å²) in [4.78, 5) is 31.2. The lowest BCUT2D eigenvalue weighted by atomic mass is 9.78. The van der Waals surface area contributed by atoms with E-state index in [1.54, 1.807) is 0 Å². The second kappa shape index (κ2) is 9.96. The third kappa shape index (κ3) is 5.13. The Labute approximate surface area is 215 Å². The van der Waals surface area contributed by atoms with Gasteiger partial charge < -0.3 is 14.8 Å². The minimum Gasteiger partial charge on any atom is -0.475 e. The van der Waals surface area contributed by atoms with Gasteiger partial charge in [-0.1, -0.05) is 49.2 Å². The summed E-state index contributed by atoms with van der Waals surface area (Å²) in [5.41, 5.74) is 5.33. The van der Waals surface area contributed by atoms with Crippen molar-refractivity contribution in [3.05, 3.63) is 59.8 Å². The first-order valence-electron chi connectivity index (χ1n) is 12.3. The number of hydrogen-bond donors (Lipinski definition) is 3. The van der Waals surface area contributed by atoms with Crippen molar-refractivity contribution in [1.29, 1.82) is 0 Å². The molecule has 1 aliphatic heterocycles. The van der Waals surface area contributed by atoms with Crippen LogP contribution >= 0.6 is 0 Å². The van der Waals surface area contributed by atoms with Gasteiger partial charge in [-0.15, -0.1) is 0 Å². The number of nitrogens with zero attached hydrogens (tertiary/aromatic N) is 2. The molecule has 0 saturated heterocycles. The number of aromatic nitrogens is 1. The number of benzene rings is 2. The summed E-state index contributed by atoms with van der Waals surface area (Å²) < 4.78 is 37.7. The van der Waals surface area contributed by atoms with Crippen LogP contribution in [0.1, 0.15) is 44.9 Å². The molecule has 3 aliphatic rings. The van der Waals surface area contributed by atoms with E-state index in [0.29, 0.717) is 18.4 Å². The van der Waals surface area contributed by atoms with Gasteiger partial charge >= 0.3 is 18.2 Å². The highest BCUT2D eigenvalue weighted by molar-refractivity contribution is 6.04. The van der Waals surface area contributed by atoms with Crippen molar-refractivity contribution >= 4 is 34.8 Å². The van der Waals surface area contributed by atoms with Crippen LogP contribution in [0.25, 0.3) is 22.2 Å². The highest BCUT2D eigenvalue weighted by Gasteiger charge is 2.46. The SMILES string of the molecule is O=C(O)C(F)(F)F.O=C1CCCC2=C1C1(CCCC1)N=C(Nc1nc3cc(-c4ccccc4)ccc3o1)N2. The van der Waals surface area contributed by atoms with E-state index >= 15 is 0 Å². The van der Waals surface area contributed by atoms with Gasteiger partial charge in [0.1, 0.15) is 5.52 Å². The summed E-state index contributed by atoms with van der Waals surface area (Å²) in [6, 6.07) is 16.7. The summed E-state index contributed by atoms with van der Waals surface area (Å²) in [6.45, 7) is 0. The van der Waals surface area contributed by atoms with E-state index in [9.17, 15) is 18.0 Å². The molecule has 0 unspecified atom stereocenters. The number of fused-ring (bicyclic) bond motifs is 2. The Morgan fingerprint density at radius 3 is 2.42 bits per heavy atom. The smallest absolute Gasteiger partial charge is 0.475 e. The molecule has 1 saturated carbocycles. The summed E-state index contributed by atoms with van der Waals surface area (Å²) in [6.07, 6.45) is 1.39. The van der Waals surface area contributed by atoms with Gasteiger partial charge in [0, 0.05) is 17.7 Å². The van der Waals surface area contributed by atoms with E-state index in [4.69, 9.17) is 19.3 Å². The highest BCUT2D eigenvalue weighted by atomic mass is 19.4. The van der Waals surface area contributed by atoms with Crippen LogP contribution in [0, 0.1) is 0 Å². The number of ketones is 1. The Balaban J connectivity index is 0.000000374. The zero-order valence-electron chi connectivity index (χ0n) is 20.3.